The Hall–Kier alpha value is -0.260. The first kappa shape index (κ1) is 13.2. The lowest BCUT2D eigenvalue weighted by atomic mass is 10.3. The summed E-state index contributed by atoms with van der Waals surface area (Å²) in [6, 6.07) is 0. The van der Waals surface area contributed by atoms with Gasteiger partial charge in [-0.25, -0.2) is 0 Å². The second kappa shape index (κ2) is 6.61. The molecule has 0 aliphatic carbocycles. The smallest absolute Gasteiger partial charge is 0.225 e. The predicted octanol–water partition coefficient (Wildman–Crippen LogP) is 1.93. The largest absolute Gasteiger partial charge is 0.300 e. The molecule has 0 aromatic carbocycles. The maximum absolute atomic E-state index is 6.07. The van der Waals surface area contributed by atoms with E-state index in [4.69, 9.17) is 11.6 Å². The van der Waals surface area contributed by atoms with E-state index in [9.17, 15) is 0 Å². The third-order valence-corrected chi connectivity index (χ3v) is 4.22. The van der Waals surface area contributed by atoms with E-state index in [-0.39, 0.29) is 0 Å². The first-order valence-corrected chi connectivity index (χ1v) is 7.72. The maximum Gasteiger partial charge on any atom is 0.225 e. The van der Waals surface area contributed by atoms with Crippen LogP contribution < -0.4 is 0 Å². The Labute approximate surface area is 112 Å². The zero-order valence-electron chi connectivity index (χ0n) is 10.2. The van der Waals surface area contributed by atoms with Gasteiger partial charge in [0.05, 0.1) is 0 Å². The molecule has 0 unspecified atom stereocenters. The van der Waals surface area contributed by atoms with Crippen LogP contribution in [0.4, 0.5) is 0 Å². The Kier molecular flexibility index (Phi) is 5.13. The molecule has 0 N–H and O–H groups in total. The molecule has 0 radical (unpaired) electrons. The summed E-state index contributed by atoms with van der Waals surface area (Å²) in [7, 11) is 0. The van der Waals surface area contributed by atoms with Crippen LogP contribution >= 0.6 is 23.4 Å². The Morgan fingerprint density at radius 3 is 2.71 bits per heavy atom. The molecule has 0 amide bonds. The molecular formula is C11H19ClN4S. The molecule has 2 rings (SSSR count). The minimum absolute atomic E-state index is 0.528. The summed E-state index contributed by atoms with van der Waals surface area (Å²) in [5.41, 5.74) is 0. The molecule has 0 spiro atoms. The molecule has 1 fully saturated rings. The Bertz CT molecular complexity index is 349. The monoisotopic (exact) mass is 274 g/mol. The summed E-state index contributed by atoms with van der Waals surface area (Å²) in [6.07, 6.45) is 2.03. The molecule has 1 aliphatic rings. The third-order valence-electron chi connectivity index (χ3n) is 3.00. The van der Waals surface area contributed by atoms with Crippen molar-refractivity contribution in [2.45, 2.75) is 26.3 Å². The van der Waals surface area contributed by atoms with E-state index in [2.05, 4.69) is 22.0 Å². The SMILES string of the molecule is CCCc1nnc(Cl)n1CCN1CCSCC1. The van der Waals surface area contributed by atoms with Crippen LogP contribution in [0.25, 0.3) is 0 Å². The van der Waals surface area contributed by atoms with E-state index in [1.54, 1.807) is 0 Å². The zero-order valence-corrected chi connectivity index (χ0v) is 11.8. The highest BCUT2D eigenvalue weighted by Gasteiger charge is 2.13. The number of hydrogen-bond acceptors (Lipinski definition) is 4. The number of thioether (sulfide) groups is 1. The van der Waals surface area contributed by atoms with Crippen LogP contribution in [-0.2, 0) is 13.0 Å². The summed E-state index contributed by atoms with van der Waals surface area (Å²) in [5, 5.41) is 8.61. The molecule has 1 aromatic rings. The van der Waals surface area contributed by atoms with Gasteiger partial charge >= 0.3 is 0 Å². The van der Waals surface area contributed by atoms with Crippen molar-refractivity contribution in [3.05, 3.63) is 11.1 Å². The first-order chi connectivity index (χ1) is 8.31. The number of aromatic nitrogens is 3. The standard InChI is InChI=1S/C11H19ClN4S/c1-2-3-10-13-14-11(12)16(10)5-4-15-6-8-17-9-7-15/h2-9H2,1H3. The summed E-state index contributed by atoms with van der Waals surface area (Å²) >= 11 is 8.10. The molecule has 0 saturated carbocycles. The fourth-order valence-electron chi connectivity index (χ4n) is 2.01. The Morgan fingerprint density at radius 2 is 2.00 bits per heavy atom. The van der Waals surface area contributed by atoms with Crippen molar-refractivity contribution in [2.75, 3.05) is 31.1 Å². The molecule has 4 nitrogen and oxygen atoms in total. The van der Waals surface area contributed by atoms with Gasteiger partial charge in [0.15, 0.2) is 0 Å². The summed E-state index contributed by atoms with van der Waals surface area (Å²) in [6.45, 7) is 6.48. The van der Waals surface area contributed by atoms with Gasteiger partial charge in [0.1, 0.15) is 5.82 Å². The number of aryl methyl sites for hydroxylation is 1. The van der Waals surface area contributed by atoms with E-state index >= 15 is 0 Å². The fourth-order valence-corrected chi connectivity index (χ4v) is 3.21. The lowest BCUT2D eigenvalue weighted by Gasteiger charge is -2.26. The number of hydrogen-bond donors (Lipinski definition) is 0. The molecule has 2 heterocycles. The van der Waals surface area contributed by atoms with E-state index in [0.29, 0.717) is 5.28 Å². The number of halogens is 1. The van der Waals surface area contributed by atoms with Crippen molar-refractivity contribution >= 4 is 23.4 Å². The number of nitrogens with zero attached hydrogens (tertiary/aromatic N) is 4. The summed E-state index contributed by atoms with van der Waals surface area (Å²) in [5.74, 6) is 3.51. The van der Waals surface area contributed by atoms with Gasteiger partial charge < -0.3 is 4.57 Å². The van der Waals surface area contributed by atoms with Crippen molar-refractivity contribution < 1.29 is 0 Å². The van der Waals surface area contributed by atoms with Crippen molar-refractivity contribution in [3.63, 3.8) is 0 Å². The maximum atomic E-state index is 6.07. The minimum Gasteiger partial charge on any atom is -0.300 e. The third kappa shape index (κ3) is 3.60. The molecule has 96 valence electrons. The van der Waals surface area contributed by atoms with Crippen LogP contribution in [0, 0.1) is 0 Å². The van der Waals surface area contributed by atoms with Crippen LogP contribution in [0.5, 0.6) is 0 Å². The molecule has 17 heavy (non-hydrogen) atoms. The molecule has 6 heteroatoms. The van der Waals surface area contributed by atoms with Gasteiger partial charge in [-0.3, -0.25) is 4.90 Å². The van der Waals surface area contributed by atoms with Crippen LogP contribution in [-0.4, -0.2) is 50.8 Å². The summed E-state index contributed by atoms with van der Waals surface area (Å²) < 4.78 is 2.05. The second-order valence-corrected chi connectivity index (χ2v) is 5.80. The van der Waals surface area contributed by atoms with Crippen LogP contribution in [0.3, 0.4) is 0 Å². The van der Waals surface area contributed by atoms with Gasteiger partial charge in [-0.1, -0.05) is 6.92 Å². The molecule has 1 aromatic heterocycles. The summed E-state index contributed by atoms with van der Waals surface area (Å²) in [4.78, 5) is 2.49. The second-order valence-electron chi connectivity index (χ2n) is 4.24. The van der Waals surface area contributed by atoms with Crippen molar-refractivity contribution in [2.24, 2.45) is 0 Å². The molecule has 0 atom stereocenters. The Balaban J connectivity index is 1.90. The highest BCUT2D eigenvalue weighted by atomic mass is 35.5. The van der Waals surface area contributed by atoms with Gasteiger partial charge in [-0.05, 0) is 18.0 Å². The normalized spacial score (nSPS) is 17.5. The van der Waals surface area contributed by atoms with Crippen LogP contribution in [0.1, 0.15) is 19.2 Å². The highest BCUT2D eigenvalue weighted by Crippen LogP contribution is 2.12. The lowest BCUT2D eigenvalue weighted by molar-refractivity contribution is 0.288. The Morgan fingerprint density at radius 1 is 1.24 bits per heavy atom. The van der Waals surface area contributed by atoms with Gasteiger partial charge in [-0.15, -0.1) is 10.2 Å². The average molecular weight is 275 g/mol. The van der Waals surface area contributed by atoms with Crippen molar-refractivity contribution in [1.29, 1.82) is 0 Å². The number of rotatable bonds is 5. The van der Waals surface area contributed by atoms with E-state index in [0.717, 1.165) is 31.8 Å². The minimum atomic E-state index is 0.528. The zero-order chi connectivity index (χ0) is 12.1. The molecule has 0 bridgehead atoms. The van der Waals surface area contributed by atoms with Gasteiger partial charge in [0, 0.05) is 44.1 Å². The van der Waals surface area contributed by atoms with Gasteiger partial charge in [-0.2, -0.15) is 11.8 Å². The van der Waals surface area contributed by atoms with Crippen LogP contribution in [0.15, 0.2) is 0 Å². The van der Waals surface area contributed by atoms with Crippen molar-refractivity contribution in [3.8, 4) is 0 Å². The average Bonchev–Trinajstić information content (AvgIpc) is 2.70. The highest BCUT2D eigenvalue weighted by molar-refractivity contribution is 7.99. The molecular weight excluding hydrogens is 256 g/mol. The van der Waals surface area contributed by atoms with Gasteiger partial charge in [0.2, 0.25) is 5.28 Å². The van der Waals surface area contributed by atoms with Crippen LogP contribution in [0.2, 0.25) is 5.28 Å². The topological polar surface area (TPSA) is 34.0 Å². The lowest BCUT2D eigenvalue weighted by Crippen LogP contribution is -2.35. The molecule has 1 saturated heterocycles. The van der Waals surface area contributed by atoms with E-state index < -0.39 is 0 Å². The van der Waals surface area contributed by atoms with Crippen molar-refractivity contribution in [1.82, 2.24) is 19.7 Å². The fraction of sp³-hybridized carbons (Fsp3) is 0.818. The predicted molar refractivity (Wildman–Crippen MR) is 72.8 cm³/mol. The molecule has 1 aliphatic heterocycles. The van der Waals surface area contributed by atoms with E-state index in [1.807, 2.05) is 16.3 Å². The van der Waals surface area contributed by atoms with Gasteiger partial charge in [0.25, 0.3) is 0 Å². The first-order valence-electron chi connectivity index (χ1n) is 6.19. The van der Waals surface area contributed by atoms with E-state index in [1.165, 1.54) is 24.6 Å². The quantitative estimate of drug-likeness (QED) is 0.822.